The number of nitrogens with zero attached hydrogens (tertiary/aromatic N) is 6. The summed E-state index contributed by atoms with van der Waals surface area (Å²) in [7, 11) is 0. The van der Waals surface area contributed by atoms with E-state index >= 15 is 0 Å². The molecule has 4 heterocycles. The number of carbonyl (C=O) groups excluding carboxylic acids is 2. The SMILES string of the molecule is CC[n+]1cccc2cc(/C=N/NC(=O)c3ccc4ccc(C(=O)N/N=C/c5ccc6c(ccc[n+]6CC)c5)nc4n3)ccc21.[I-].[I-]. The van der Waals surface area contributed by atoms with E-state index in [2.05, 4.69) is 54.0 Å². The molecule has 0 saturated heterocycles. The van der Waals surface area contributed by atoms with Gasteiger partial charge >= 0.3 is 0 Å². The number of carbonyl (C=O) groups is 2. The molecule has 2 N–H and O–H groups in total. The van der Waals surface area contributed by atoms with Crippen molar-refractivity contribution in [2.45, 2.75) is 26.9 Å². The van der Waals surface area contributed by atoms with Gasteiger partial charge in [-0.05, 0) is 85.6 Å². The number of fused-ring (bicyclic) bond motifs is 3. The summed E-state index contributed by atoms with van der Waals surface area (Å²) in [5, 5.41) is 11.1. The number of aromatic nitrogens is 4. The maximum Gasteiger partial charge on any atom is 0.290 e. The number of aryl methyl sites for hydroxylation is 2. The number of rotatable bonds is 8. The van der Waals surface area contributed by atoms with Crippen LogP contribution in [0.1, 0.15) is 46.0 Å². The highest BCUT2D eigenvalue weighted by molar-refractivity contribution is 5.97. The van der Waals surface area contributed by atoms with Crippen molar-refractivity contribution < 1.29 is 66.7 Å². The van der Waals surface area contributed by atoms with Gasteiger partial charge in [0.2, 0.25) is 11.0 Å². The summed E-state index contributed by atoms with van der Waals surface area (Å²) in [5.41, 5.74) is 9.49. The summed E-state index contributed by atoms with van der Waals surface area (Å²) >= 11 is 0. The van der Waals surface area contributed by atoms with Crippen molar-refractivity contribution in [3.05, 3.63) is 120 Å². The summed E-state index contributed by atoms with van der Waals surface area (Å²) in [5.74, 6) is -0.984. The molecule has 232 valence electrons. The van der Waals surface area contributed by atoms with Crippen molar-refractivity contribution in [3.8, 4) is 0 Å². The number of pyridine rings is 4. The minimum absolute atomic E-state index is 0. The van der Waals surface area contributed by atoms with Gasteiger partial charge in [-0.1, -0.05) is 0 Å². The maximum atomic E-state index is 12.8. The highest BCUT2D eigenvalue weighted by Gasteiger charge is 2.12. The second kappa shape index (κ2) is 15.7. The van der Waals surface area contributed by atoms with E-state index in [9.17, 15) is 9.59 Å². The highest BCUT2D eigenvalue weighted by Crippen LogP contribution is 2.14. The first-order chi connectivity index (χ1) is 21.5. The molecule has 0 aliphatic rings. The van der Waals surface area contributed by atoms with Crippen molar-refractivity contribution in [3.63, 3.8) is 0 Å². The molecule has 0 unspecified atom stereocenters. The van der Waals surface area contributed by atoms with E-state index in [1.165, 1.54) is 0 Å². The van der Waals surface area contributed by atoms with E-state index < -0.39 is 11.8 Å². The van der Waals surface area contributed by atoms with Gasteiger partial charge in [0.05, 0.1) is 12.4 Å². The average molecular weight is 836 g/mol. The molecule has 12 heteroatoms. The van der Waals surface area contributed by atoms with E-state index in [1.54, 1.807) is 36.7 Å². The Morgan fingerprint density at radius 1 is 0.652 bits per heavy atom. The molecule has 0 aliphatic carbocycles. The van der Waals surface area contributed by atoms with Gasteiger partial charge in [-0.2, -0.15) is 19.3 Å². The molecule has 0 atom stereocenters. The van der Waals surface area contributed by atoms with Gasteiger partial charge < -0.3 is 48.0 Å². The van der Waals surface area contributed by atoms with E-state index in [1.807, 2.05) is 73.1 Å². The molecule has 46 heavy (non-hydrogen) atoms. The first kappa shape index (κ1) is 34.4. The lowest BCUT2D eigenvalue weighted by Gasteiger charge is -2.04. The van der Waals surface area contributed by atoms with Crippen LogP contribution in [0, 0.1) is 0 Å². The fraction of sp³-hybridized carbons (Fsp3) is 0.118. The zero-order valence-electron chi connectivity index (χ0n) is 25.1. The van der Waals surface area contributed by atoms with Crippen LogP contribution in [-0.4, -0.2) is 34.2 Å². The van der Waals surface area contributed by atoms with Crippen LogP contribution in [0.25, 0.3) is 32.8 Å². The molecule has 0 fully saturated rings. The van der Waals surface area contributed by atoms with Gasteiger partial charge in [-0.25, -0.2) is 20.8 Å². The second-order valence-electron chi connectivity index (χ2n) is 10.1. The molecule has 0 bridgehead atoms. The molecule has 0 aliphatic heterocycles. The number of benzene rings is 2. The third-order valence-electron chi connectivity index (χ3n) is 7.26. The van der Waals surface area contributed by atoms with Gasteiger partial charge in [0.1, 0.15) is 24.5 Å². The average Bonchev–Trinajstić information content (AvgIpc) is 3.06. The van der Waals surface area contributed by atoms with Crippen LogP contribution >= 0.6 is 0 Å². The largest absolute Gasteiger partial charge is 1.00 e. The summed E-state index contributed by atoms with van der Waals surface area (Å²) in [6, 6.07) is 26.7. The number of hydrogen-bond acceptors (Lipinski definition) is 6. The van der Waals surface area contributed by atoms with Crippen LogP contribution in [-0.2, 0) is 13.1 Å². The Kier molecular flexibility index (Phi) is 11.8. The molecule has 6 aromatic rings. The predicted octanol–water partition coefficient (Wildman–Crippen LogP) is -1.91. The molecule has 0 radical (unpaired) electrons. The highest BCUT2D eigenvalue weighted by atomic mass is 127. The standard InChI is InChI=1S/C34H28N8O2.2HI/c1-3-41-17-5-7-26-19-23(9-15-30(26)41)21-35-39-33(43)28-13-11-25-12-14-29(38-32(25)37-28)34(44)40-36-22-24-10-16-31-27(20-24)8-6-18-42(31)4-2;;/h5-22H,3-4H2,1-2H3;2*1H/b35-21+,36-22+;;. The lowest BCUT2D eigenvalue weighted by Crippen LogP contribution is -3.00. The monoisotopic (exact) mass is 836 g/mol. The Hall–Kier alpha value is -4.44. The quantitative estimate of drug-likeness (QED) is 0.0807. The molecular weight excluding hydrogens is 806 g/mol. The van der Waals surface area contributed by atoms with Crippen molar-refractivity contribution in [1.29, 1.82) is 0 Å². The van der Waals surface area contributed by atoms with Crippen LogP contribution < -0.4 is 67.9 Å². The zero-order valence-corrected chi connectivity index (χ0v) is 29.4. The van der Waals surface area contributed by atoms with Gasteiger partial charge in [0.15, 0.2) is 18.0 Å². The third-order valence-corrected chi connectivity index (χ3v) is 7.26. The van der Waals surface area contributed by atoms with Crippen LogP contribution in [0.15, 0.2) is 108 Å². The summed E-state index contributed by atoms with van der Waals surface area (Å²) in [6.45, 7) is 5.94. The molecule has 2 aromatic carbocycles. The maximum absolute atomic E-state index is 12.8. The van der Waals surface area contributed by atoms with Gasteiger partial charge in [0, 0.05) is 40.4 Å². The Morgan fingerprint density at radius 2 is 1.11 bits per heavy atom. The summed E-state index contributed by atoms with van der Waals surface area (Å²) < 4.78 is 4.32. The van der Waals surface area contributed by atoms with Gasteiger partial charge in [0.25, 0.3) is 11.8 Å². The minimum atomic E-state index is -0.492. The lowest BCUT2D eigenvalue weighted by molar-refractivity contribution is -0.668. The normalized spacial score (nSPS) is 11.1. The van der Waals surface area contributed by atoms with Crippen molar-refractivity contribution in [2.75, 3.05) is 0 Å². The van der Waals surface area contributed by atoms with E-state index in [4.69, 9.17) is 0 Å². The number of hydrazone groups is 2. The molecule has 2 amide bonds. The molecule has 4 aromatic heterocycles. The van der Waals surface area contributed by atoms with Crippen molar-refractivity contribution >= 4 is 57.1 Å². The minimum Gasteiger partial charge on any atom is -1.00 e. The number of amides is 2. The van der Waals surface area contributed by atoms with E-state index in [-0.39, 0.29) is 65.0 Å². The fourth-order valence-corrected chi connectivity index (χ4v) is 5.01. The van der Waals surface area contributed by atoms with Gasteiger partial charge in [-0.15, -0.1) is 0 Å². The van der Waals surface area contributed by atoms with Crippen LogP contribution in [0.2, 0.25) is 0 Å². The number of nitrogens with one attached hydrogen (secondary N) is 2. The Bertz CT molecular complexity index is 1970. The summed E-state index contributed by atoms with van der Waals surface area (Å²) in [6.07, 6.45) is 7.25. The molecule has 0 spiro atoms. The molecule has 0 saturated carbocycles. The zero-order chi connectivity index (χ0) is 30.5. The Balaban J connectivity index is 0.00000240. The second-order valence-corrected chi connectivity index (χ2v) is 10.1. The van der Waals surface area contributed by atoms with Crippen molar-refractivity contribution in [1.82, 2.24) is 20.8 Å². The van der Waals surface area contributed by atoms with E-state index in [0.717, 1.165) is 46.0 Å². The first-order valence-corrected chi connectivity index (χ1v) is 14.3. The van der Waals surface area contributed by atoms with Crippen LogP contribution in [0.5, 0.6) is 0 Å². The van der Waals surface area contributed by atoms with Gasteiger partial charge in [-0.3, -0.25) is 9.59 Å². The smallest absolute Gasteiger partial charge is 0.290 e. The van der Waals surface area contributed by atoms with Crippen LogP contribution in [0.3, 0.4) is 0 Å². The number of halogens is 2. The topological polar surface area (TPSA) is 116 Å². The summed E-state index contributed by atoms with van der Waals surface area (Å²) in [4.78, 5) is 34.2. The third kappa shape index (κ3) is 7.67. The molecular formula is C34H30I2N8O2. The van der Waals surface area contributed by atoms with E-state index in [0.29, 0.717) is 5.39 Å². The molecule has 10 nitrogen and oxygen atoms in total. The van der Waals surface area contributed by atoms with Crippen molar-refractivity contribution in [2.24, 2.45) is 10.2 Å². The predicted molar refractivity (Wildman–Crippen MR) is 169 cm³/mol. The molecule has 6 rings (SSSR count). The lowest BCUT2D eigenvalue weighted by atomic mass is 10.1. The fourth-order valence-electron chi connectivity index (χ4n) is 5.01. The first-order valence-electron chi connectivity index (χ1n) is 14.3. The number of hydrogen-bond donors (Lipinski definition) is 2. The van der Waals surface area contributed by atoms with Crippen LogP contribution in [0.4, 0.5) is 0 Å². The Morgan fingerprint density at radius 3 is 1.54 bits per heavy atom. The Labute approximate surface area is 299 Å².